The molecule has 2 N–H and O–H groups in total. The Labute approximate surface area is 119 Å². The molecule has 4 nitrogen and oxygen atoms in total. The summed E-state index contributed by atoms with van der Waals surface area (Å²) in [6.45, 7) is 4.86. The van der Waals surface area contributed by atoms with E-state index in [1.54, 1.807) is 0 Å². The Kier molecular flexibility index (Phi) is 4.85. The van der Waals surface area contributed by atoms with Gasteiger partial charge in [0.1, 0.15) is 0 Å². The molecule has 0 atom stereocenters. The molecule has 0 fully saturated rings. The van der Waals surface area contributed by atoms with E-state index in [0.717, 1.165) is 22.5 Å². The molecule has 104 valence electrons. The number of pyridine rings is 1. The van der Waals surface area contributed by atoms with Gasteiger partial charge in [-0.05, 0) is 43.2 Å². The number of carbonyl (C=O) groups is 1. The first-order valence-corrected chi connectivity index (χ1v) is 6.62. The maximum Gasteiger partial charge on any atom is 0.238 e. The van der Waals surface area contributed by atoms with Gasteiger partial charge in [-0.3, -0.25) is 9.78 Å². The lowest BCUT2D eigenvalue weighted by molar-refractivity contribution is -0.115. The lowest BCUT2D eigenvalue weighted by atomic mass is 10.2. The van der Waals surface area contributed by atoms with Crippen molar-refractivity contribution in [1.29, 1.82) is 0 Å². The second-order valence-corrected chi connectivity index (χ2v) is 4.83. The van der Waals surface area contributed by atoms with Crippen LogP contribution in [-0.4, -0.2) is 17.4 Å². The van der Waals surface area contributed by atoms with Crippen molar-refractivity contribution >= 4 is 11.6 Å². The van der Waals surface area contributed by atoms with Crippen molar-refractivity contribution in [1.82, 2.24) is 10.3 Å². The Morgan fingerprint density at radius 3 is 2.75 bits per heavy atom. The molecule has 20 heavy (non-hydrogen) atoms. The third-order valence-electron chi connectivity index (χ3n) is 2.89. The molecule has 1 aromatic carbocycles. The maximum absolute atomic E-state index is 11.8. The Hall–Kier alpha value is -2.20. The van der Waals surface area contributed by atoms with Gasteiger partial charge in [-0.15, -0.1) is 0 Å². The van der Waals surface area contributed by atoms with Gasteiger partial charge in [0.15, 0.2) is 0 Å². The average molecular weight is 269 g/mol. The van der Waals surface area contributed by atoms with Gasteiger partial charge in [0.2, 0.25) is 5.91 Å². The van der Waals surface area contributed by atoms with E-state index in [-0.39, 0.29) is 12.5 Å². The zero-order chi connectivity index (χ0) is 14.4. The summed E-state index contributed by atoms with van der Waals surface area (Å²) in [6.07, 6.45) is 1.82. The zero-order valence-electron chi connectivity index (χ0n) is 11.8. The summed E-state index contributed by atoms with van der Waals surface area (Å²) in [5, 5.41) is 5.96. The minimum Gasteiger partial charge on any atom is -0.325 e. The van der Waals surface area contributed by atoms with Crippen molar-refractivity contribution < 1.29 is 4.79 Å². The SMILES string of the molecule is Cc1cccc(NC(=O)CNCc2ccc(C)nc2)c1. The smallest absolute Gasteiger partial charge is 0.238 e. The number of carbonyl (C=O) groups excluding carboxylic acids is 1. The quantitative estimate of drug-likeness (QED) is 0.876. The number of aromatic nitrogens is 1. The molecule has 1 aromatic heterocycles. The van der Waals surface area contributed by atoms with Crippen LogP contribution in [-0.2, 0) is 11.3 Å². The molecule has 0 radical (unpaired) electrons. The number of anilines is 1. The normalized spacial score (nSPS) is 10.3. The summed E-state index contributed by atoms with van der Waals surface area (Å²) < 4.78 is 0. The van der Waals surface area contributed by atoms with Gasteiger partial charge in [-0.1, -0.05) is 18.2 Å². The van der Waals surface area contributed by atoms with Crippen LogP contribution >= 0.6 is 0 Å². The van der Waals surface area contributed by atoms with Gasteiger partial charge in [-0.2, -0.15) is 0 Å². The van der Waals surface area contributed by atoms with Gasteiger partial charge in [-0.25, -0.2) is 0 Å². The number of nitrogens with zero attached hydrogens (tertiary/aromatic N) is 1. The fourth-order valence-corrected chi connectivity index (χ4v) is 1.85. The third kappa shape index (κ3) is 4.48. The number of hydrogen-bond donors (Lipinski definition) is 2. The van der Waals surface area contributed by atoms with Crippen LogP contribution in [0.25, 0.3) is 0 Å². The van der Waals surface area contributed by atoms with E-state index in [1.165, 1.54) is 0 Å². The molecule has 0 aliphatic carbocycles. The third-order valence-corrected chi connectivity index (χ3v) is 2.89. The van der Waals surface area contributed by atoms with E-state index in [1.807, 2.05) is 56.4 Å². The van der Waals surface area contributed by atoms with Gasteiger partial charge in [0.25, 0.3) is 0 Å². The van der Waals surface area contributed by atoms with Crippen LogP contribution in [0.3, 0.4) is 0 Å². The van der Waals surface area contributed by atoms with Crippen molar-refractivity contribution in [2.45, 2.75) is 20.4 Å². The topological polar surface area (TPSA) is 54.0 Å². The first-order valence-electron chi connectivity index (χ1n) is 6.62. The highest BCUT2D eigenvalue weighted by Gasteiger charge is 2.02. The number of amides is 1. The molecule has 2 aromatic rings. The molecule has 0 saturated heterocycles. The Bertz CT molecular complexity index is 579. The van der Waals surface area contributed by atoms with Crippen LogP contribution in [0.5, 0.6) is 0 Å². The monoisotopic (exact) mass is 269 g/mol. The Balaban J connectivity index is 1.76. The van der Waals surface area contributed by atoms with Gasteiger partial charge >= 0.3 is 0 Å². The highest BCUT2D eigenvalue weighted by molar-refractivity contribution is 5.92. The summed E-state index contributed by atoms with van der Waals surface area (Å²) in [6, 6.07) is 11.7. The molecule has 0 aliphatic rings. The van der Waals surface area contributed by atoms with Crippen molar-refractivity contribution in [2.24, 2.45) is 0 Å². The highest BCUT2D eigenvalue weighted by Crippen LogP contribution is 2.08. The summed E-state index contributed by atoms with van der Waals surface area (Å²) in [5.74, 6) is -0.0457. The van der Waals surface area contributed by atoms with Crippen molar-refractivity contribution in [3.8, 4) is 0 Å². The average Bonchev–Trinajstić information content (AvgIpc) is 2.41. The van der Waals surface area contributed by atoms with Gasteiger partial charge < -0.3 is 10.6 Å². The number of rotatable bonds is 5. The zero-order valence-corrected chi connectivity index (χ0v) is 11.8. The molecule has 1 heterocycles. The predicted molar refractivity (Wildman–Crippen MR) is 80.5 cm³/mol. The van der Waals surface area contributed by atoms with E-state index in [9.17, 15) is 4.79 Å². The molecule has 0 unspecified atom stereocenters. The summed E-state index contributed by atoms with van der Waals surface area (Å²) in [4.78, 5) is 16.0. The second kappa shape index (κ2) is 6.82. The minimum atomic E-state index is -0.0457. The van der Waals surface area contributed by atoms with E-state index >= 15 is 0 Å². The molecule has 2 rings (SSSR count). The molecule has 4 heteroatoms. The Morgan fingerprint density at radius 2 is 2.05 bits per heavy atom. The summed E-state index contributed by atoms with van der Waals surface area (Å²) in [5.41, 5.74) is 4.01. The minimum absolute atomic E-state index is 0.0457. The lowest BCUT2D eigenvalue weighted by Gasteiger charge is -2.07. The summed E-state index contributed by atoms with van der Waals surface area (Å²) >= 11 is 0. The molecular formula is C16H19N3O. The maximum atomic E-state index is 11.8. The second-order valence-electron chi connectivity index (χ2n) is 4.83. The molecular weight excluding hydrogens is 250 g/mol. The van der Waals surface area contributed by atoms with E-state index < -0.39 is 0 Å². The first-order chi connectivity index (χ1) is 9.63. The van der Waals surface area contributed by atoms with Crippen LogP contribution in [0, 0.1) is 13.8 Å². The Morgan fingerprint density at radius 1 is 1.20 bits per heavy atom. The van der Waals surface area contributed by atoms with Crippen LogP contribution in [0.2, 0.25) is 0 Å². The predicted octanol–water partition coefficient (Wildman–Crippen LogP) is 2.43. The first kappa shape index (κ1) is 14.2. The fourth-order valence-electron chi connectivity index (χ4n) is 1.85. The number of aryl methyl sites for hydroxylation is 2. The van der Waals surface area contributed by atoms with E-state index in [0.29, 0.717) is 6.54 Å². The van der Waals surface area contributed by atoms with Crippen molar-refractivity contribution in [3.05, 3.63) is 59.4 Å². The van der Waals surface area contributed by atoms with Crippen molar-refractivity contribution in [3.63, 3.8) is 0 Å². The van der Waals surface area contributed by atoms with E-state index in [2.05, 4.69) is 15.6 Å². The number of hydrogen-bond acceptors (Lipinski definition) is 3. The van der Waals surface area contributed by atoms with Gasteiger partial charge in [0.05, 0.1) is 6.54 Å². The molecule has 0 bridgehead atoms. The molecule has 0 aliphatic heterocycles. The summed E-state index contributed by atoms with van der Waals surface area (Å²) in [7, 11) is 0. The number of benzene rings is 1. The standard InChI is InChI=1S/C16H19N3O/c1-12-4-3-5-15(8-12)19-16(20)11-17-9-14-7-6-13(2)18-10-14/h3-8,10,17H,9,11H2,1-2H3,(H,19,20). The van der Waals surface area contributed by atoms with Crippen LogP contribution in [0.4, 0.5) is 5.69 Å². The molecule has 0 saturated carbocycles. The lowest BCUT2D eigenvalue weighted by Crippen LogP contribution is -2.27. The van der Waals surface area contributed by atoms with E-state index in [4.69, 9.17) is 0 Å². The van der Waals surface area contributed by atoms with Crippen LogP contribution < -0.4 is 10.6 Å². The molecule has 1 amide bonds. The van der Waals surface area contributed by atoms with Crippen LogP contribution in [0.1, 0.15) is 16.8 Å². The van der Waals surface area contributed by atoms with Crippen molar-refractivity contribution in [2.75, 3.05) is 11.9 Å². The van der Waals surface area contributed by atoms with Crippen LogP contribution in [0.15, 0.2) is 42.6 Å². The largest absolute Gasteiger partial charge is 0.325 e. The van der Waals surface area contributed by atoms with Gasteiger partial charge in [0, 0.05) is 24.1 Å². The fraction of sp³-hybridized carbons (Fsp3) is 0.250. The highest BCUT2D eigenvalue weighted by atomic mass is 16.1. The molecule has 0 spiro atoms. The number of nitrogens with one attached hydrogen (secondary N) is 2.